The summed E-state index contributed by atoms with van der Waals surface area (Å²) >= 11 is 0. The van der Waals surface area contributed by atoms with Crippen molar-refractivity contribution in [2.75, 3.05) is 49.1 Å². The monoisotopic (exact) mass is 455 g/mol. The highest BCUT2D eigenvalue weighted by atomic mass is 32.2. The van der Waals surface area contributed by atoms with Gasteiger partial charge in [-0.1, -0.05) is 6.42 Å². The number of nitrogens with zero attached hydrogens (tertiary/aromatic N) is 5. The molecule has 0 amide bonds. The molecule has 0 unspecified atom stereocenters. The maximum atomic E-state index is 12.7. The van der Waals surface area contributed by atoms with Gasteiger partial charge >= 0.3 is 6.18 Å². The number of hydrogen-bond donors (Lipinski definition) is 0. The fourth-order valence-corrected chi connectivity index (χ4v) is 5.33. The normalized spacial score (nSPS) is 18.9. The zero-order chi connectivity index (χ0) is 22.1. The first-order chi connectivity index (χ1) is 14.7. The van der Waals surface area contributed by atoms with Crippen LogP contribution in [0.5, 0.6) is 0 Å². The highest BCUT2D eigenvalue weighted by molar-refractivity contribution is 7.89. The summed E-state index contributed by atoms with van der Waals surface area (Å²) in [7, 11) is -3.51. The molecule has 0 aromatic carbocycles. The summed E-state index contributed by atoms with van der Waals surface area (Å²) < 4.78 is 65.1. The molecular formula is C20H24F3N5O2S. The van der Waals surface area contributed by atoms with Gasteiger partial charge in [-0.05, 0) is 37.1 Å². The van der Waals surface area contributed by atoms with Gasteiger partial charge in [0.15, 0.2) is 0 Å². The smallest absolute Gasteiger partial charge is 0.353 e. The van der Waals surface area contributed by atoms with Crippen molar-refractivity contribution in [1.82, 2.24) is 14.3 Å². The first-order valence-electron chi connectivity index (χ1n) is 10.2. The van der Waals surface area contributed by atoms with Crippen molar-refractivity contribution in [3.05, 3.63) is 42.2 Å². The Labute approximate surface area is 179 Å². The number of aromatic nitrogens is 2. The van der Waals surface area contributed by atoms with Gasteiger partial charge in [0, 0.05) is 51.7 Å². The van der Waals surface area contributed by atoms with Crippen LogP contribution in [-0.2, 0) is 16.2 Å². The van der Waals surface area contributed by atoms with E-state index >= 15 is 0 Å². The van der Waals surface area contributed by atoms with E-state index < -0.39 is 21.8 Å². The van der Waals surface area contributed by atoms with E-state index in [-0.39, 0.29) is 4.90 Å². The average Bonchev–Trinajstić information content (AvgIpc) is 2.79. The van der Waals surface area contributed by atoms with Crippen LogP contribution in [0.1, 0.15) is 24.8 Å². The van der Waals surface area contributed by atoms with Gasteiger partial charge < -0.3 is 9.80 Å². The van der Waals surface area contributed by atoms with Crippen LogP contribution in [0.3, 0.4) is 0 Å². The molecule has 0 aliphatic carbocycles. The highest BCUT2D eigenvalue weighted by Gasteiger charge is 2.31. The van der Waals surface area contributed by atoms with Crippen molar-refractivity contribution in [3.63, 3.8) is 0 Å². The first-order valence-corrected chi connectivity index (χ1v) is 11.7. The Morgan fingerprint density at radius 2 is 1.29 bits per heavy atom. The minimum absolute atomic E-state index is 0.200. The molecule has 2 aliphatic rings. The number of piperidine rings is 1. The van der Waals surface area contributed by atoms with E-state index in [1.54, 1.807) is 12.1 Å². The van der Waals surface area contributed by atoms with E-state index in [0.29, 0.717) is 50.9 Å². The van der Waals surface area contributed by atoms with Crippen LogP contribution in [0.4, 0.5) is 24.8 Å². The third-order valence-corrected chi connectivity index (χ3v) is 7.56. The SMILES string of the molecule is O=S(=O)(c1ccc(N2CCN(c3ccc(C(F)(F)F)cn3)CC2)nc1)N1CCCCC1. The highest BCUT2D eigenvalue weighted by Crippen LogP contribution is 2.29. The van der Waals surface area contributed by atoms with E-state index in [1.165, 1.54) is 16.6 Å². The summed E-state index contributed by atoms with van der Waals surface area (Å²) in [5.41, 5.74) is -0.765. The molecule has 0 saturated carbocycles. The maximum absolute atomic E-state index is 12.7. The van der Waals surface area contributed by atoms with Crippen LogP contribution in [0.25, 0.3) is 0 Å². The molecule has 4 heterocycles. The molecule has 0 N–H and O–H groups in total. The van der Waals surface area contributed by atoms with Crippen LogP contribution >= 0.6 is 0 Å². The maximum Gasteiger partial charge on any atom is 0.417 e. The number of alkyl halides is 3. The van der Waals surface area contributed by atoms with Gasteiger partial charge in [0.05, 0.1) is 5.56 Å². The largest absolute Gasteiger partial charge is 0.417 e. The van der Waals surface area contributed by atoms with Gasteiger partial charge in [0.2, 0.25) is 10.0 Å². The third kappa shape index (κ3) is 4.77. The van der Waals surface area contributed by atoms with Crippen molar-refractivity contribution < 1.29 is 21.6 Å². The Kier molecular flexibility index (Phi) is 6.07. The van der Waals surface area contributed by atoms with Crippen LogP contribution in [0.15, 0.2) is 41.6 Å². The molecule has 4 rings (SSSR count). The Morgan fingerprint density at radius 1 is 0.742 bits per heavy atom. The molecule has 2 fully saturated rings. The van der Waals surface area contributed by atoms with E-state index in [0.717, 1.165) is 31.5 Å². The predicted octanol–water partition coefficient (Wildman–Crippen LogP) is 3.00. The average molecular weight is 456 g/mol. The molecule has 11 heteroatoms. The van der Waals surface area contributed by atoms with E-state index in [1.807, 2.05) is 9.80 Å². The predicted molar refractivity (Wildman–Crippen MR) is 111 cm³/mol. The Bertz CT molecular complexity index is 983. The minimum Gasteiger partial charge on any atom is -0.353 e. The Morgan fingerprint density at radius 3 is 1.74 bits per heavy atom. The number of sulfonamides is 1. The molecule has 168 valence electrons. The van der Waals surface area contributed by atoms with Gasteiger partial charge in [-0.25, -0.2) is 18.4 Å². The number of halogens is 3. The Balaban J connectivity index is 1.38. The fourth-order valence-electron chi connectivity index (χ4n) is 3.87. The summed E-state index contributed by atoms with van der Waals surface area (Å²) in [5, 5.41) is 0. The fraction of sp³-hybridized carbons (Fsp3) is 0.500. The van der Waals surface area contributed by atoms with Gasteiger partial charge in [-0.2, -0.15) is 17.5 Å². The zero-order valence-corrected chi connectivity index (χ0v) is 17.7. The van der Waals surface area contributed by atoms with Crippen LogP contribution in [0.2, 0.25) is 0 Å². The molecule has 2 saturated heterocycles. The molecule has 2 aromatic heterocycles. The second kappa shape index (κ2) is 8.62. The quantitative estimate of drug-likeness (QED) is 0.706. The molecule has 2 aliphatic heterocycles. The molecule has 0 atom stereocenters. The lowest BCUT2D eigenvalue weighted by molar-refractivity contribution is -0.137. The first kappa shape index (κ1) is 21.8. The summed E-state index contributed by atoms with van der Waals surface area (Å²) in [6.45, 7) is 3.46. The number of hydrogen-bond acceptors (Lipinski definition) is 6. The van der Waals surface area contributed by atoms with Crippen LogP contribution < -0.4 is 9.80 Å². The number of pyridine rings is 2. The second-order valence-corrected chi connectivity index (χ2v) is 9.63. The molecule has 2 aromatic rings. The molecular weight excluding hydrogens is 431 g/mol. The van der Waals surface area contributed by atoms with Crippen LogP contribution in [0, 0.1) is 0 Å². The zero-order valence-electron chi connectivity index (χ0n) is 16.9. The molecule has 0 spiro atoms. The lowest BCUT2D eigenvalue weighted by Crippen LogP contribution is -2.47. The minimum atomic E-state index is -4.40. The molecule has 0 bridgehead atoms. The second-order valence-electron chi connectivity index (χ2n) is 7.69. The number of anilines is 2. The van der Waals surface area contributed by atoms with E-state index in [4.69, 9.17) is 0 Å². The molecule has 0 radical (unpaired) electrons. The summed E-state index contributed by atoms with van der Waals surface area (Å²) in [6, 6.07) is 5.73. The Hall–Kier alpha value is -2.40. The van der Waals surface area contributed by atoms with Gasteiger partial charge in [0.25, 0.3) is 0 Å². The molecule has 31 heavy (non-hydrogen) atoms. The van der Waals surface area contributed by atoms with Gasteiger partial charge in [-0.15, -0.1) is 0 Å². The van der Waals surface area contributed by atoms with Crippen molar-refractivity contribution in [1.29, 1.82) is 0 Å². The number of rotatable bonds is 4. The molecule has 7 nitrogen and oxygen atoms in total. The van der Waals surface area contributed by atoms with Crippen molar-refractivity contribution in [2.45, 2.75) is 30.3 Å². The summed E-state index contributed by atoms with van der Waals surface area (Å²) in [5.74, 6) is 1.18. The van der Waals surface area contributed by atoms with Crippen molar-refractivity contribution in [2.24, 2.45) is 0 Å². The third-order valence-electron chi connectivity index (χ3n) is 5.68. The lowest BCUT2D eigenvalue weighted by atomic mass is 10.2. The summed E-state index contributed by atoms with van der Waals surface area (Å²) in [4.78, 5) is 12.5. The standard InChI is InChI=1S/C20H24F3N5O2S/c21-20(22,23)16-4-6-18(24-14-16)26-10-12-27(13-11-26)19-7-5-17(15-25-19)31(29,30)28-8-2-1-3-9-28/h4-7,14-15H,1-3,8-13H2. The van der Waals surface area contributed by atoms with Crippen LogP contribution in [-0.4, -0.2) is 62.0 Å². The van der Waals surface area contributed by atoms with Crippen molar-refractivity contribution in [3.8, 4) is 0 Å². The van der Waals surface area contributed by atoms with E-state index in [2.05, 4.69) is 9.97 Å². The lowest BCUT2D eigenvalue weighted by Gasteiger charge is -2.36. The van der Waals surface area contributed by atoms with Crippen molar-refractivity contribution >= 4 is 21.7 Å². The van der Waals surface area contributed by atoms with E-state index in [9.17, 15) is 21.6 Å². The number of piperazine rings is 1. The van der Waals surface area contributed by atoms with Gasteiger partial charge in [-0.3, -0.25) is 0 Å². The summed E-state index contributed by atoms with van der Waals surface area (Å²) in [6.07, 6.45) is 0.667. The van der Waals surface area contributed by atoms with Gasteiger partial charge in [0.1, 0.15) is 16.5 Å². The topological polar surface area (TPSA) is 69.6 Å².